The topological polar surface area (TPSA) is 88.5 Å². The predicted molar refractivity (Wildman–Crippen MR) is 117 cm³/mol. The average Bonchev–Trinajstić information content (AvgIpc) is 3.22. The Balaban J connectivity index is 1.77. The number of carbonyl (C=O) groups excluding carboxylic acids is 2. The first-order valence-corrected chi connectivity index (χ1v) is 11.2. The molecular formula is C23H30F3N5O2. The molecule has 1 aromatic carbocycles. The van der Waals surface area contributed by atoms with Crippen LogP contribution in [0.2, 0.25) is 0 Å². The van der Waals surface area contributed by atoms with E-state index in [4.69, 9.17) is 5.26 Å². The number of benzene rings is 1. The van der Waals surface area contributed by atoms with Gasteiger partial charge < -0.3 is 20.4 Å². The first-order valence-electron chi connectivity index (χ1n) is 11.2. The van der Waals surface area contributed by atoms with Gasteiger partial charge in [0.1, 0.15) is 0 Å². The van der Waals surface area contributed by atoms with Crippen molar-refractivity contribution in [1.82, 2.24) is 15.5 Å². The van der Waals surface area contributed by atoms with Crippen LogP contribution < -0.4 is 15.5 Å². The quantitative estimate of drug-likeness (QED) is 0.715. The largest absolute Gasteiger partial charge is 0.417 e. The van der Waals surface area contributed by atoms with Crippen molar-refractivity contribution >= 4 is 17.6 Å². The van der Waals surface area contributed by atoms with E-state index in [1.807, 2.05) is 13.8 Å². The van der Waals surface area contributed by atoms with Gasteiger partial charge in [-0.05, 0) is 56.7 Å². The Morgan fingerprint density at radius 1 is 1.18 bits per heavy atom. The number of rotatable bonds is 4. The van der Waals surface area contributed by atoms with Gasteiger partial charge in [0.05, 0.1) is 23.1 Å². The van der Waals surface area contributed by atoms with E-state index in [-0.39, 0.29) is 35.7 Å². The maximum absolute atomic E-state index is 13.4. The number of urea groups is 1. The van der Waals surface area contributed by atoms with Crippen LogP contribution in [-0.2, 0) is 11.0 Å². The SMILES string of the molecule is CNC(=O)[C@@H]1CN(c2ccc(C#N)c(C(F)(F)F)c2)C[C@H]1C1CCN(C(=O)NC(C)C)CC1. The fraction of sp³-hybridized carbons (Fsp3) is 0.609. The third-order valence-electron chi connectivity index (χ3n) is 6.59. The van der Waals surface area contributed by atoms with Gasteiger partial charge in [0.2, 0.25) is 5.91 Å². The molecule has 2 heterocycles. The lowest BCUT2D eigenvalue weighted by atomic mass is 9.78. The van der Waals surface area contributed by atoms with E-state index in [1.54, 1.807) is 22.9 Å². The van der Waals surface area contributed by atoms with Crippen LogP contribution in [0.1, 0.15) is 37.8 Å². The summed E-state index contributed by atoms with van der Waals surface area (Å²) in [6.45, 7) is 5.72. The monoisotopic (exact) mass is 465 g/mol. The van der Waals surface area contributed by atoms with Gasteiger partial charge in [-0.2, -0.15) is 18.4 Å². The Morgan fingerprint density at radius 3 is 2.39 bits per heavy atom. The van der Waals surface area contributed by atoms with Crippen LogP contribution in [0.3, 0.4) is 0 Å². The van der Waals surface area contributed by atoms with E-state index in [1.165, 1.54) is 12.1 Å². The van der Waals surface area contributed by atoms with Crippen molar-refractivity contribution in [3.05, 3.63) is 29.3 Å². The molecule has 2 aliphatic rings. The third-order valence-corrected chi connectivity index (χ3v) is 6.59. The molecule has 0 radical (unpaired) electrons. The van der Waals surface area contributed by atoms with Crippen molar-refractivity contribution in [3.8, 4) is 6.07 Å². The molecule has 0 aromatic heterocycles. The highest BCUT2D eigenvalue weighted by Crippen LogP contribution is 2.40. The highest BCUT2D eigenvalue weighted by Gasteiger charge is 2.43. The molecule has 2 saturated heterocycles. The van der Waals surface area contributed by atoms with Gasteiger partial charge in [0, 0.05) is 45.0 Å². The number of hydrogen-bond acceptors (Lipinski definition) is 4. The Kier molecular flexibility index (Phi) is 7.40. The van der Waals surface area contributed by atoms with Crippen molar-refractivity contribution in [2.45, 2.75) is 38.9 Å². The summed E-state index contributed by atoms with van der Waals surface area (Å²) in [4.78, 5) is 28.5. The number of nitrogens with one attached hydrogen (secondary N) is 2. The van der Waals surface area contributed by atoms with Crippen LogP contribution in [-0.4, -0.2) is 56.1 Å². The van der Waals surface area contributed by atoms with Crippen LogP contribution in [0.25, 0.3) is 0 Å². The standard InChI is InChI=1S/C23H30F3N5O2/c1-14(2)29-22(33)30-8-6-15(7-9-30)18-12-31(13-19(18)21(32)28-3)17-5-4-16(11-27)20(10-17)23(24,25)26/h4-5,10,14-15,18-19H,6-9,12-13H2,1-3H3,(H,28,32)(H,29,33)/t18-,19+/m0/s1. The lowest BCUT2D eigenvalue weighted by molar-refractivity contribution is -0.137. The molecule has 0 aliphatic carbocycles. The maximum atomic E-state index is 13.4. The van der Waals surface area contributed by atoms with Crippen molar-refractivity contribution in [3.63, 3.8) is 0 Å². The van der Waals surface area contributed by atoms with E-state index >= 15 is 0 Å². The molecule has 10 heteroatoms. The van der Waals surface area contributed by atoms with Crippen molar-refractivity contribution in [1.29, 1.82) is 5.26 Å². The lowest BCUT2D eigenvalue weighted by Crippen LogP contribution is -2.48. The van der Waals surface area contributed by atoms with Crippen LogP contribution in [0.4, 0.5) is 23.7 Å². The molecular weight excluding hydrogens is 435 g/mol. The zero-order valence-electron chi connectivity index (χ0n) is 19.1. The number of likely N-dealkylation sites (tertiary alicyclic amines) is 1. The minimum atomic E-state index is -4.64. The molecule has 1 aromatic rings. The minimum Gasteiger partial charge on any atom is -0.370 e. The lowest BCUT2D eigenvalue weighted by Gasteiger charge is -2.36. The number of amides is 3. The van der Waals surface area contributed by atoms with E-state index in [2.05, 4.69) is 10.6 Å². The van der Waals surface area contributed by atoms with Crippen LogP contribution in [0, 0.1) is 29.1 Å². The Bertz CT molecular complexity index is 920. The first kappa shape index (κ1) is 24.7. The highest BCUT2D eigenvalue weighted by atomic mass is 19.4. The van der Waals surface area contributed by atoms with Gasteiger partial charge in [0.25, 0.3) is 0 Å². The average molecular weight is 466 g/mol. The molecule has 0 bridgehead atoms. The summed E-state index contributed by atoms with van der Waals surface area (Å²) < 4.78 is 40.3. The van der Waals surface area contributed by atoms with E-state index < -0.39 is 17.3 Å². The van der Waals surface area contributed by atoms with E-state index in [0.29, 0.717) is 31.9 Å². The number of hydrogen-bond donors (Lipinski definition) is 2. The third kappa shape index (κ3) is 5.52. The highest BCUT2D eigenvalue weighted by molar-refractivity contribution is 5.80. The van der Waals surface area contributed by atoms with Crippen LogP contribution >= 0.6 is 0 Å². The van der Waals surface area contributed by atoms with E-state index in [0.717, 1.165) is 18.9 Å². The second kappa shape index (κ2) is 9.89. The molecule has 0 saturated carbocycles. The van der Waals surface area contributed by atoms with Crippen LogP contribution in [0.5, 0.6) is 0 Å². The first-order chi connectivity index (χ1) is 15.5. The summed E-state index contributed by atoms with van der Waals surface area (Å²) in [5.74, 6) is -0.348. The predicted octanol–water partition coefficient (Wildman–Crippen LogP) is 3.21. The van der Waals surface area contributed by atoms with E-state index in [9.17, 15) is 22.8 Å². The Morgan fingerprint density at radius 2 is 1.85 bits per heavy atom. The van der Waals surface area contributed by atoms with Gasteiger partial charge in [-0.25, -0.2) is 4.79 Å². The maximum Gasteiger partial charge on any atom is 0.417 e. The number of piperidine rings is 1. The number of nitrogens with zero attached hydrogens (tertiary/aromatic N) is 3. The molecule has 2 aliphatic heterocycles. The molecule has 3 amide bonds. The normalized spacial score (nSPS) is 21.8. The molecule has 33 heavy (non-hydrogen) atoms. The summed E-state index contributed by atoms with van der Waals surface area (Å²) in [6.07, 6.45) is -3.17. The summed E-state index contributed by atoms with van der Waals surface area (Å²) in [5, 5.41) is 14.6. The summed E-state index contributed by atoms with van der Waals surface area (Å²) in [6, 6.07) is 5.24. The zero-order valence-corrected chi connectivity index (χ0v) is 19.1. The van der Waals surface area contributed by atoms with Gasteiger partial charge in [-0.15, -0.1) is 0 Å². The van der Waals surface area contributed by atoms with Crippen molar-refractivity contribution < 1.29 is 22.8 Å². The van der Waals surface area contributed by atoms with Gasteiger partial charge in [0.15, 0.2) is 0 Å². The molecule has 3 rings (SSSR count). The van der Waals surface area contributed by atoms with Gasteiger partial charge in [-0.3, -0.25) is 4.79 Å². The molecule has 2 fully saturated rings. The van der Waals surface area contributed by atoms with Crippen LogP contribution in [0.15, 0.2) is 18.2 Å². The smallest absolute Gasteiger partial charge is 0.370 e. The second-order valence-corrected chi connectivity index (χ2v) is 9.06. The summed E-state index contributed by atoms with van der Waals surface area (Å²) >= 11 is 0. The molecule has 7 nitrogen and oxygen atoms in total. The molecule has 180 valence electrons. The van der Waals surface area contributed by atoms with Gasteiger partial charge >= 0.3 is 12.2 Å². The minimum absolute atomic E-state index is 0.0368. The number of alkyl halides is 3. The second-order valence-electron chi connectivity index (χ2n) is 9.06. The molecule has 0 spiro atoms. The fourth-order valence-electron chi connectivity index (χ4n) is 4.91. The summed E-state index contributed by atoms with van der Waals surface area (Å²) in [7, 11) is 1.56. The van der Waals surface area contributed by atoms with Crippen molar-refractivity contribution in [2.24, 2.45) is 17.8 Å². The summed E-state index contributed by atoms with van der Waals surface area (Å²) in [5.41, 5.74) is -1.03. The number of halogens is 3. The molecule has 0 unspecified atom stereocenters. The molecule has 2 N–H and O–H groups in total. The van der Waals surface area contributed by atoms with Crippen molar-refractivity contribution in [2.75, 3.05) is 38.1 Å². The number of nitriles is 1. The Hall–Kier alpha value is -2.96. The number of carbonyl (C=O) groups is 2. The Labute approximate surface area is 191 Å². The van der Waals surface area contributed by atoms with Gasteiger partial charge in [-0.1, -0.05) is 0 Å². The number of anilines is 1. The zero-order chi connectivity index (χ0) is 24.3. The fourth-order valence-corrected chi connectivity index (χ4v) is 4.91. The molecule has 2 atom stereocenters.